The van der Waals surface area contributed by atoms with E-state index in [1.807, 2.05) is 30.3 Å². The fraction of sp³-hybridized carbons (Fsp3) is 0.529. The van der Waals surface area contributed by atoms with Crippen LogP contribution in [0.25, 0.3) is 6.08 Å². The molecule has 1 aromatic rings. The molecule has 0 amide bonds. The van der Waals surface area contributed by atoms with Crippen LogP contribution in [0.3, 0.4) is 0 Å². The van der Waals surface area contributed by atoms with Crippen molar-refractivity contribution < 1.29 is 10.2 Å². The van der Waals surface area contributed by atoms with Gasteiger partial charge in [-0.05, 0) is 31.4 Å². The number of hydrogen-bond donors (Lipinski definition) is 2. The van der Waals surface area contributed by atoms with Crippen molar-refractivity contribution in [2.45, 2.75) is 44.3 Å². The number of hydrogen-bond acceptors (Lipinski definition) is 3. The molecule has 3 atom stereocenters. The summed E-state index contributed by atoms with van der Waals surface area (Å²) in [6, 6.07) is 7.69. The first-order valence-electron chi connectivity index (χ1n) is 7.53. The highest BCUT2D eigenvalue weighted by Gasteiger charge is 2.20. The van der Waals surface area contributed by atoms with Gasteiger partial charge in [-0.2, -0.15) is 0 Å². The molecule has 1 aromatic carbocycles. The second-order valence-corrected chi connectivity index (χ2v) is 5.61. The summed E-state index contributed by atoms with van der Waals surface area (Å²) in [5.41, 5.74) is 7.25. The molecule has 0 saturated heterocycles. The van der Waals surface area contributed by atoms with Gasteiger partial charge in [-0.15, -0.1) is 0 Å². The summed E-state index contributed by atoms with van der Waals surface area (Å²) in [5.74, 6) is 0.250. The molecule has 2 rings (SSSR count). The largest absolute Gasteiger partial charge is 0.848 e. The van der Waals surface area contributed by atoms with E-state index in [2.05, 4.69) is 6.08 Å². The van der Waals surface area contributed by atoms with Crippen LogP contribution >= 0.6 is 0 Å². The molecule has 0 radical (unpaired) electrons. The summed E-state index contributed by atoms with van der Waals surface area (Å²) >= 11 is 0. The van der Waals surface area contributed by atoms with E-state index in [4.69, 9.17) is 5.73 Å². The highest BCUT2D eigenvalue weighted by molar-refractivity contribution is 5.51. The average Bonchev–Trinajstić information content (AvgIpc) is 2.47. The highest BCUT2D eigenvalue weighted by Crippen LogP contribution is 2.26. The van der Waals surface area contributed by atoms with Gasteiger partial charge in [0.1, 0.15) is 0 Å². The van der Waals surface area contributed by atoms with Crippen molar-refractivity contribution in [1.29, 1.82) is 0 Å². The van der Waals surface area contributed by atoms with Crippen molar-refractivity contribution in [1.82, 2.24) is 0 Å². The average molecular weight is 274 g/mol. The molecule has 20 heavy (non-hydrogen) atoms. The number of aliphatic hydroxyl groups is 1. The van der Waals surface area contributed by atoms with Gasteiger partial charge >= 0.3 is 0 Å². The second-order valence-electron chi connectivity index (χ2n) is 5.61. The van der Waals surface area contributed by atoms with Crippen LogP contribution in [0.4, 0.5) is 0 Å². The van der Waals surface area contributed by atoms with E-state index in [1.165, 1.54) is 6.42 Å². The molecule has 0 heterocycles. The van der Waals surface area contributed by atoms with Crippen LogP contribution in [0.1, 0.15) is 49.3 Å². The summed E-state index contributed by atoms with van der Waals surface area (Å²) in [7, 11) is 0. The van der Waals surface area contributed by atoms with E-state index < -0.39 is 6.10 Å². The number of rotatable bonds is 5. The predicted molar refractivity (Wildman–Crippen MR) is 79.9 cm³/mol. The van der Waals surface area contributed by atoms with Gasteiger partial charge in [-0.3, -0.25) is 0 Å². The van der Waals surface area contributed by atoms with Crippen LogP contribution in [-0.4, -0.2) is 17.8 Å². The van der Waals surface area contributed by atoms with E-state index in [1.54, 1.807) is 0 Å². The summed E-state index contributed by atoms with van der Waals surface area (Å²) < 4.78 is 0. The Hall–Kier alpha value is -1.16. The van der Waals surface area contributed by atoms with Gasteiger partial charge in [0.25, 0.3) is 0 Å². The van der Waals surface area contributed by atoms with Crippen molar-refractivity contribution >= 4 is 6.08 Å². The third kappa shape index (κ3) is 4.17. The maximum atomic E-state index is 11.9. The van der Waals surface area contributed by atoms with E-state index >= 15 is 0 Å². The summed E-state index contributed by atoms with van der Waals surface area (Å²) in [5, 5.41) is 21.8. The molecule has 3 unspecified atom stereocenters. The topological polar surface area (TPSA) is 69.3 Å². The van der Waals surface area contributed by atoms with E-state index in [0.29, 0.717) is 13.0 Å². The van der Waals surface area contributed by atoms with Crippen molar-refractivity contribution in [3.05, 3.63) is 41.5 Å². The van der Waals surface area contributed by atoms with Crippen molar-refractivity contribution in [2.24, 2.45) is 11.7 Å². The van der Waals surface area contributed by atoms with Gasteiger partial charge in [-0.1, -0.05) is 60.9 Å². The third-order valence-electron chi connectivity index (χ3n) is 4.03. The zero-order valence-corrected chi connectivity index (χ0v) is 11.9. The van der Waals surface area contributed by atoms with Crippen molar-refractivity contribution in [3.63, 3.8) is 0 Å². The third-order valence-corrected chi connectivity index (χ3v) is 4.03. The van der Waals surface area contributed by atoms with Gasteiger partial charge in [0, 0.05) is 5.92 Å². The van der Waals surface area contributed by atoms with Gasteiger partial charge in [0.2, 0.25) is 0 Å². The molecule has 3 N–H and O–H groups in total. The van der Waals surface area contributed by atoms with Gasteiger partial charge in [0.15, 0.2) is 0 Å². The van der Waals surface area contributed by atoms with Crippen LogP contribution < -0.4 is 10.8 Å². The molecule has 1 aliphatic carbocycles. The van der Waals surface area contributed by atoms with Crippen molar-refractivity contribution in [2.75, 3.05) is 6.54 Å². The molecule has 0 aromatic heterocycles. The maximum Gasteiger partial charge on any atom is 0.0602 e. The molecule has 3 heteroatoms. The second kappa shape index (κ2) is 7.58. The fourth-order valence-corrected chi connectivity index (χ4v) is 2.78. The number of benzene rings is 1. The lowest BCUT2D eigenvalue weighted by molar-refractivity contribution is -0.427. The lowest BCUT2D eigenvalue weighted by atomic mass is 9.86. The molecule has 0 aliphatic heterocycles. The standard InChI is InChI=1S/C17H24NO2/c18-11-10-17(20)15-6-3-4-13(12-15)8-9-14-5-1-2-7-16(14)19/h3-4,6,8-9,12,14,16-17,19H,1-2,5,7,10-11,18H2/q-1/b9-8+. The van der Waals surface area contributed by atoms with Crippen LogP contribution in [0, 0.1) is 5.92 Å². The quantitative estimate of drug-likeness (QED) is 0.863. The summed E-state index contributed by atoms with van der Waals surface area (Å²) in [6.07, 6.45) is 7.88. The zero-order chi connectivity index (χ0) is 14.4. The van der Waals surface area contributed by atoms with Crippen LogP contribution in [0.15, 0.2) is 30.3 Å². The first-order valence-corrected chi connectivity index (χ1v) is 7.53. The first kappa shape index (κ1) is 15.2. The fourth-order valence-electron chi connectivity index (χ4n) is 2.78. The molecule has 1 saturated carbocycles. The van der Waals surface area contributed by atoms with Gasteiger partial charge in [0.05, 0.1) is 6.10 Å². The zero-order valence-electron chi connectivity index (χ0n) is 11.9. The molecule has 0 spiro atoms. The van der Waals surface area contributed by atoms with Crippen LogP contribution in [0.5, 0.6) is 0 Å². The van der Waals surface area contributed by atoms with Crippen LogP contribution in [-0.2, 0) is 0 Å². The van der Waals surface area contributed by atoms with Gasteiger partial charge < -0.3 is 15.9 Å². The van der Waals surface area contributed by atoms with Crippen molar-refractivity contribution in [3.8, 4) is 0 Å². The molecule has 1 fully saturated rings. The van der Waals surface area contributed by atoms with Gasteiger partial charge in [-0.25, -0.2) is 0 Å². The smallest absolute Gasteiger partial charge is 0.0602 e. The molecule has 0 bridgehead atoms. The minimum atomic E-state index is -0.742. The van der Waals surface area contributed by atoms with E-state index in [9.17, 15) is 10.2 Å². The molecular formula is C17H24NO2-. The normalized spacial score (nSPS) is 24.9. The molecular weight excluding hydrogens is 250 g/mol. The number of nitrogens with two attached hydrogens (primary N) is 1. The Morgan fingerprint density at radius 2 is 2.15 bits per heavy atom. The highest BCUT2D eigenvalue weighted by atomic mass is 16.3. The maximum absolute atomic E-state index is 11.9. The summed E-state index contributed by atoms with van der Waals surface area (Å²) in [6.45, 7) is 0.419. The number of aliphatic hydroxyl groups excluding tert-OH is 1. The molecule has 3 nitrogen and oxygen atoms in total. The van der Waals surface area contributed by atoms with E-state index in [-0.39, 0.29) is 12.0 Å². The Bertz CT molecular complexity index is 444. The lowest BCUT2D eigenvalue weighted by Gasteiger charge is -2.25. The Morgan fingerprint density at radius 3 is 2.90 bits per heavy atom. The summed E-state index contributed by atoms with van der Waals surface area (Å²) in [4.78, 5) is 0. The molecule has 110 valence electrons. The predicted octanol–water partition coefficient (Wildman–Crippen LogP) is 2.00. The van der Waals surface area contributed by atoms with E-state index in [0.717, 1.165) is 30.4 Å². The Labute approximate surface area is 121 Å². The van der Waals surface area contributed by atoms with Crippen LogP contribution in [0.2, 0.25) is 0 Å². The minimum absolute atomic E-state index is 0.215. The monoisotopic (exact) mass is 274 g/mol. The first-order chi connectivity index (χ1) is 9.70. The molecule has 1 aliphatic rings. The SMILES string of the molecule is NCCC([O-])c1cccc(/C=C/C2CCCCC2O)c1. The lowest BCUT2D eigenvalue weighted by Crippen LogP contribution is -2.22. The Balaban J connectivity index is 2.03. The Morgan fingerprint density at radius 1 is 1.35 bits per heavy atom. The Kier molecular flexibility index (Phi) is 5.77. The minimum Gasteiger partial charge on any atom is -0.848 e.